The van der Waals surface area contributed by atoms with E-state index >= 15 is 0 Å². The summed E-state index contributed by atoms with van der Waals surface area (Å²) in [6.07, 6.45) is 0. The van der Waals surface area contributed by atoms with Crippen LogP contribution in [-0.4, -0.2) is 21.2 Å². The van der Waals surface area contributed by atoms with Gasteiger partial charge in [-0.3, -0.25) is 0 Å². The second kappa shape index (κ2) is 7.92. The highest BCUT2D eigenvalue weighted by Crippen LogP contribution is 2.37. The number of nitrogens with zero attached hydrogens (tertiary/aromatic N) is 2. The number of rotatable bonds is 7. The van der Waals surface area contributed by atoms with Gasteiger partial charge in [0.05, 0.1) is 0 Å². The molecule has 1 N–H and O–H groups in total. The lowest BCUT2D eigenvalue weighted by Crippen LogP contribution is -2.33. The first-order valence-electron chi connectivity index (χ1n) is 7.37. The molecule has 114 valence electrons. The summed E-state index contributed by atoms with van der Waals surface area (Å²) in [7, 11) is 0. The number of aryl methyl sites for hydroxylation is 1. The van der Waals surface area contributed by atoms with Gasteiger partial charge in [0.25, 0.3) is 0 Å². The van der Waals surface area contributed by atoms with Crippen molar-refractivity contribution >= 4 is 23.3 Å². The molecule has 0 radical (unpaired) electrons. The highest BCUT2D eigenvalue weighted by atomic mass is 32.2. The zero-order valence-corrected chi connectivity index (χ0v) is 14.7. The molecule has 0 aliphatic rings. The predicted octanol–water partition coefficient (Wildman–Crippen LogP) is 4.31. The van der Waals surface area contributed by atoms with Crippen LogP contribution in [0, 0.1) is 12.8 Å². The van der Waals surface area contributed by atoms with E-state index < -0.39 is 0 Å². The highest BCUT2D eigenvalue weighted by Gasteiger charge is 2.27. The Morgan fingerprint density at radius 2 is 1.95 bits per heavy atom. The Morgan fingerprint density at radius 3 is 2.48 bits per heavy atom. The summed E-state index contributed by atoms with van der Waals surface area (Å²) in [4.78, 5) is 4.51. The molecular formula is C16H23N3S2. The average molecular weight is 322 g/mol. The molecule has 2 rings (SSSR count). The lowest BCUT2D eigenvalue weighted by molar-refractivity contribution is 0.453. The van der Waals surface area contributed by atoms with E-state index in [2.05, 4.69) is 65.8 Å². The largest absolute Gasteiger partial charge is 0.309 e. The predicted molar refractivity (Wildman–Crippen MR) is 92.0 cm³/mol. The molecule has 0 aliphatic carbocycles. The van der Waals surface area contributed by atoms with E-state index in [9.17, 15) is 0 Å². The second-order valence-corrected chi connectivity index (χ2v) is 7.56. The SMILES string of the molecule is CCNC(c1ccccc1)C(Sc1nc(C)ns1)C(C)C. The number of nitrogens with one attached hydrogen (secondary N) is 1. The minimum Gasteiger partial charge on any atom is -0.309 e. The Labute approximate surface area is 135 Å². The minimum atomic E-state index is 0.324. The monoisotopic (exact) mass is 321 g/mol. The molecule has 0 bridgehead atoms. The van der Waals surface area contributed by atoms with Crippen molar-refractivity contribution in [1.29, 1.82) is 0 Å². The maximum absolute atomic E-state index is 4.51. The second-order valence-electron chi connectivity index (χ2n) is 5.38. The van der Waals surface area contributed by atoms with Gasteiger partial charge in [0.1, 0.15) is 5.82 Å². The maximum atomic E-state index is 4.51. The lowest BCUT2D eigenvalue weighted by Gasteiger charge is -2.30. The fraction of sp³-hybridized carbons (Fsp3) is 0.500. The summed E-state index contributed by atoms with van der Waals surface area (Å²) < 4.78 is 5.36. The van der Waals surface area contributed by atoms with Crippen LogP contribution in [0.25, 0.3) is 0 Å². The number of hydrogen-bond donors (Lipinski definition) is 1. The highest BCUT2D eigenvalue weighted by molar-refractivity contribution is 8.01. The fourth-order valence-corrected chi connectivity index (χ4v) is 4.46. The van der Waals surface area contributed by atoms with Gasteiger partial charge in [-0.25, -0.2) is 4.98 Å². The molecule has 0 saturated heterocycles. The normalized spacial score (nSPS) is 14.3. The summed E-state index contributed by atoms with van der Waals surface area (Å²) >= 11 is 3.34. The van der Waals surface area contributed by atoms with Gasteiger partial charge in [0.2, 0.25) is 0 Å². The fourth-order valence-electron chi connectivity index (χ4n) is 2.34. The Hall–Kier alpha value is -0.910. The molecule has 3 nitrogen and oxygen atoms in total. The third-order valence-corrected chi connectivity index (χ3v) is 5.81. The van der Waals surface area contributed by atoms with Crippen LogP contribution in [0.3, 0.4) is 0 Å². The van der Waals surface area contributed by atoms with Crippen molar-refractivity contribution in [3.05, 3.63) is 41.7 Å². The van der Waals surface area contributed by atoms with Crippen LogP contribution >= 0.6 is 23.3 Å². The Balaban J connectivity index is 2.24. The number of benzene rings is 1. The van der Waals surface area contributed by atoms with Gasteiger partial charge in [0.15, 0.2) is 4.34 Å². The molecule has 21 heavy (non-hydrogen) atoms. The average Bonchev–Trinajstić information content (AvgIpc) is 2.89. The van der Waals surface area contributed by atoms with E-state index in [1.807, 2.05) is 18.7 Å². The van der Waals surface area contributed by atoms with E-state index in [1.54, 1.807) is 0 Å². The number of aromatic nitrogens is 2. The third-order valence-electron chi connectivity index (χ3n) is 3.31. The number of hydrogen-bond acceptors (Lipinski definition) is 5. The summed E-state index contributed by atoms with van der Waals surface area (Å²) in [6.45, 7) is 9.62. The number of thioether (sulfide) groups is 1. The van der Waals surface area contributed by atoms with Crippen LogP contribution in [0.15, 0.2) is 34.7 Å². The molecular weight excluding hydrogens is 298 g/mol. The summed E-state index contributed by atoms with van der Waals surface area (Å²) in [5, 5.41) is 4.07. The molecule has 2 unspecified atom stereocenters. The molecule has 0 fully saturated rings. The van der Waals surface area contributed by atoms with Crippen LogP contribution < -0.4 is 5.32 Å². The molecule has 0 amide bonds. The van der Waals surface area contributed by atoms with Gasteiger partial charge in [-0.2, -0.15) is 4.37 Å². The van der Waals surface area contributed by atoms with Crippen molar-refractivity contribution in [2.45, 2.75) is 43.3 Å². The Morgan fingerprint density at radius 1 is 1.24 bits per heavy atom. The van der Waals surface area contributed by atoms with Crippen molar-refractivity contribution in [2.75, 3.05) is 6.54 Å². The molecule has 5 heteroatoms. The van der Waals surface area contributed by atoms with Crippen LogP contribution in [0.4, 0.5) is 0 Å². The summed E-state index contributed by atoms with van der Waals surface area (Å²) in [5.74, 6) is 1.41. The van der Waals surface area contributed by atoms with Crippen LogP contribution in [0.5, 0.6) is 0 Å². The lowest BCUT2D eigenvalue weighted by atomic mass is 9.96. The summed E-state index contributed by atoms with van der Waals surface area (Å²) in [5.41, 5.74) is 1.34. The van der Waals surface area contributed by atoms with Crippen molar-refractivity contribution < 1.29 is 0 Å². The molecule has 2 atom stereocenters. The Kier molecular flexibility index (Phi) is 6.21. The standard InChI is InChI=1S/C16H23N3S2/c1-5-17-14(13-9-7-6-8-10-13)15(11(2)3)20-16-18-12(4)19-21-16/h6-11,14-15,17H,5H2,1-4H3. The van der Waals surface area contributed by atoms with Crippen molar-refractivity contribution in [3.63, 3.8) is 0 Å². The van der Waals surface area contributed by atoms with Crippen LogP contribution in [0.1, 0.15) is 38.2 Å². The molecule has 0 saturated carbocycles. The minimum absolute atomic E-state index is 0.324. The quantitative estimate of drug-likeness (QED) is 0.771. The zero-order valence-electron chi connectivity index (χ0n) is 13.0. The van der Waals surface area contributed by atoms with Crippen molar-refractivity contribution in [1.82, 2.24) is 14.7 Å². The molecule has 1 heterocycles. The van der Waals surface area contributed by atoms with Crippen molar-refractivity contribution in [3.8, 4) is 0 Å². The van der Waals surface area contributed by atoms with E-state index in [0.29, 0.717) is 17.2 Å². The van der Waals surface area contributed by atoms with Crippen LogP contribution in [-0.2, 0) is 0 Å². The van der Waals surface area contributed by atoms with Gasteiger partial charge in [0, 0.05) is 11.3 Å². The Bertz CT molecular complexity index is 539. The topological polar surface area (TPSA) is 37.8 Å². The van der Waals surface area contributed by atoms with E-state index in [1.165, 1.54) is 17.1 Å². The van der Waals surface area contributed by atoms with E-state index in [4.69, 9.17) is 0 Å². The molecule has 1 aromatic heterocycles. The first-order chi connectivity index (χ1) is 10.1. The zero-order chi connectivity index (χ0) is 15.2. The summed E-state index contributed by atoms with van der Waals surface area (Å²) in [6, 6.07) is 11.0. The first-order valence-corrected chi connectivity index (χ1v) is 9.02. The van der Waals surface area contributed by atoms with Gasteiger partial charge in [-0.1, -0.05) is 62.9 Å². The van der Waals surface area contributed by atoms with Crippen molar-refractivity contribution in [2.24, 2.45) is 5.92 Å². The third kappa shape index (κ3) is 4.53. The van der Waals surface area contributed by atoms with Crippen LogP contribution in [0.2, 0.25) is 0 Å². The van der Waals surface area contributed by atoms with E-state index in [0.717, 1.165) is 16.7 Å². The maximum Gasteiger partial charge on any atom is 0.170 e. The molecule has 0 spiro atoms. The van der Waals surface area contributed by atoms with Gasteiger partial charge in [-0.05, 0) is 36.5 Å². The van der Waals surface area contributed by atoms with E-state index in [-0.39, 0.29) is 0 Å². The van der Waals surface area contributed by atoms with Gasteiger partial charge >= 0.3 is 0 Å². The molecule has 2 aromatic rings. The molecule has 0 aliphatic heterocycles. The van der Waals surface area contributed by atoms with Gasteiger partial charge < -0.3 is 5.32 Å². The first kappa shape index (κ1) is 16.5. The van der Waals surface area contributed by atoms with Gasteiger partial charge in [-0.15, -0.1) is 0 Å². The smallest absolute Gasteiger partial charge is 0.170 e. The molecule has 1 aromatic carbocycles.